The average molecular weight is 172 g/mol. The van der Waals surface area contributed by atoms with Gasteiger partial charge in [0.2, 0.25) is 0 Å². The zero-order valence-corrected chi connectivity index (χ0v) is 7.62. The average Bonchev–Trinajstić information content (AvgIpc) is 2.50. The highest BCUT2D eigenvalue weighted by atomic mass is 16.6. The van der Waals surface area contributed by atoms with Gasteiger partial charge in [0.15, 0.2) is 5.60 Å². The summed E-state index contributed by atoms with van der Waals surface area (Å²) in [5, 5.41) is 9.08. The number of rotatable bonds is 4. The molecular weight excluding hydrogens is 156 g/mol. The molecule has 0 aromatic rings. The summed E-state index contributed by atoms with van der Waals surface area (Å²) in [6.07, 6.45) is 4.44. The standard InChI is InChI=1S/C9H16O3/c1-8(2)11-7-9(6-10)4-3-5-12-9/h3,5,8,10H,4,6-7H2,1-2H3. The predicted molar refractivity (Wildman–Crippen MR) is 45.7 cm³/mol. The Morgan fingerprint density at radius 2 is 2.42 bits per heavy atom. The lowest BCUT2D eigenvalue weighted by Crippen LogP contribution is -2.38. The maximum absolute atomic E-state index is 9.08. The third-order valence-corrected chi connectivity index (χ3v) is 1.87. The van der Waals surface area contributed by atoms with Crippen molar-refractivity contribution in [2.75, 3.05) is 13.2 Å². The largest absolute Gasteiger partial charge is 0.490 e. The summed E-state index contributed by atoms with van der Waals surface area (Å²) in [6, 6.07) is 0. The van der Waals surface area contributed by atoms with Gasteiger partial charge in [0, 0.05) is 6.42 Å². The molecule has 1 unspecified atom stereocenters. The van der Waals surface area contributed by atoms with Crippen molar-refractivity contribution in [2.24, 2.45) is 0 Å². The van der Waals surface area contributed by atoms with Crippen molar-refractivity contribution in [1.82, 2.24) is 0 Å². The number of aliphatic hydroxyl groups excluding tert-OH is 1. The van der Waals surface area contributed by atoms with Gasteiger partial charge in [-0.05, 0) is 19.9 Å². The molecule has 70 valence electrons. The van der Waals surface area contributed by atoms with Crippen LogP contribution in [0.4, 0.5) is 0 Å². The topological polar surface area (TPSA) is 38.7 Å². The number of ether oxygens (including phenoxy) is 2. The SMILES string of the molecule is CC(C)OCC1(CO)CC=CO1. The first kappa shape index (κ1) is 9.55. The van der Waals surface area contributed by atoms with E-state index in [1.54, 1.807) is 6.26 Å². The van der Waals surface area contributed by atoms with Gasteiger partial charge < -0.3 is 14.6 Å². The molecule has 12 heavy (non-hydrogen) atoms. The fourth-order valence-electron chi connectivity index (χ4n) is 1.06. The third-order valence-electron chi connectivity index (χ3n) is 1.87. The number of hydrogen-bond donors (Lipinski definition) is 1. The minimum Gasteiger partial charge on any atom is -0.490 e. The van der Waals surface area contributed by atoms with Crippen LogP contribution in [-0.4, -0.2) is 30.0 Å². The Hall–Kier alpha value is -0.540. The van der Waals surface area contributed by atoms with Gasteiger partial charge in [-0.3, -0.25) is 0 Å². The van der Waals surface area contributed by atoms with Gasteiger partial charge in [-0.1, -0.05) is 0 Å². The predicted octanol–water partition coefficient (Wildman–Crippen LogP) is 1.08. The van der Waals surface area contributed by atoms with E-state index >= 15 is 0 Å². The van der Waals surface area contributed by atoms with Crippen molar-refractivity contribution in [3.8, 4) is 0 Å². The molecule has 1 rings (SSSR count). The first-order valence-corrected chi connectivity index (χ1v) is 4.24. The lowest BCUT2D eigenvalue weighted by molar-refractivity contribution is -0.0853. The fourth-order valence-corrected chi connectivity index (χ4v) is 1.06. The van der Waals surface area contributed by atoms with Gasteiger partial charge in [0.05, 0.1) is 25.6 Å². The molecule has 0 fully saturated rings. The summed E-state index contributed by atoms with van der Waals surface area (Å²) in [5.41, 5.74) is -0.510. The van der Waals surface area contributed by atoms with Crippen LogP contribution in [0.15, 0.2) is 12.3 Å². The van der Waals surface area contributed by atoms with E-state index in [9.17, 15) is 0 Å². The van der Waals surface area contributed by atoms with Gasteiger partial charge in [0.1, 0.15) is 0 Å². The highest BCUT2D eigenvalue weighted by molar-refractivity contribution is 4.97. The van der Waals surface area contributed by atoms with Crippen LogP contribution in [0.3, 0.4) is 0 Å². The Bertz CT molecular complexity index is 155. The van der Waals surface area contributed by atoms with Crippen molar-refractivity contribution in [3.05, 3.63) is 12.3 Å². The zero-order valence-electron chi connectivity index (χ0n) is 7.62. The van der Waals surface area contributed by atoms with Crippen LogP contribution in [0.1, 0.15) is 20.3 Å². The fraction of sp³-hybridized carbons (Fsp3) is 0.778. The molecule has 0 aromatic carbocycles. The van der Waals surface area contributed by atoms with Crippen LogP contribution < -0.4 is 0 Å². The van der Waals surface area contributed by atoms with Crippen LogP contribution >= 0.6 is 0 Å². The molecule has 0 aromatic heterocycles. The highest BCUT2D eigenvalue weighted by Crippen LogP contribution is 2.23. The summed E-state index contributed by atoms with van der Waals surface area (Å²) in [6.45, 7) is 4.39. The molecule has 0 amide bonds. The van der Waals surface area contributed by atoms with Crippen LogP contribution in [0, 0.1) is 0 Å². The maximum Gasteiger partial charge on any atom is 0.158 e. The summed E-state index contributed by atoms with van der Waals surface area (Å²) in [5.74, 6) is 0. The van der Waals surface area contributed by atoms with Crippen molar-refractivity contribution in [3.63, 3.8) is 0 Å². The molecule has 3 heteroatoms. The monoisotopic (exact) mass is 172 g/mol. The quantitative estimate of drug-likeness (QED) is 0.689. The van der Waals surface area contributed by atoms with Crippen molar-refractivity contribution in [1.29, 1.82) is 0 Å². The van der Waals surface area contributed by atoms with Crippen molar-refractivity contribution >= 4 is 0 Å². The van der Waals surface area contributed by atoms with Crippen molar-refractivity contribution in [2.45, 2.75) is 32.0 Å². The molecule has 1 heterocycles. The molecule has 0 bridgehead atoms. The molecule has 1 aliphatic rings. The van der Waals surface area contributed by atoms with E-state index in [0.29, 0.717) is 6.61 Å². The Morgan fingerprint density at radius 1 is 1.67 bits per heavy atom. The molecule has 0 saturated carbocycles. The maximum atomic E-state index is 9.08. The third kappa shape index (κ3) is 2.22. The normalized spacial score (nSPS) is 28.0. The van der Waals surface area contributed by atoms with Gasteiger partial charge in [-0.15, -0.1) is 0 Å². The Kier molecular flexibility index (Phi) is 3.12. The van der Waals surface area contributed by atoms with Crippen LogP contribution in [0.5, 0.6) is 0 Å². The van der Waals surface area contributed by atoms with Gasteiger partial charge in [-0.2, -0.15) is 0 Å². The highest BCUT2D eigenvalue weighted by Gasteiger charge is 2.33. The van der Waals surface area contributed by atoms with Gasteiger partial charge >= 0.3 is 0 Å². The van der Waals surface area contributed by atoms with E-state index in [1.807, 2.05) is 19.9 Å². The van der Waals surface area contributed by atoms with E-state index in [0.717, 1.165) is 6.42 Å². The molecule has 3 nitrogen and oxygen atoms in total. The Balaban J connectivity index is 2.35. The zero-order chi connectivity index (χ0) is 9.03. The molecule has 1 atom stereocenters. The first-order chi connectivity index (χ1) is 5.68. The Labute approximate surface area is 73.0 Å². The summed E-state index contributed by atoms with van der Waals surface area (Å²) >= 11 is 0. The molecule has 1 N–H and O–H groups in total. The summed E-state index contributed by atoms with van der Waals surface area (Å²) in [4.78, 5) is 0. The number of aliphatic hydroxyl groups is 1. The van der Waals surface area contributed by atoms with Crippen molar-refractivity contribution < 1.29 is 14.6 Å². The van der Waals surface area contributed by atoms with Crippen LogP contribution in [0.2, 0.25) is 0 Å². The second kappa shape index (κ2) is 3.92. The van der Waals surface area contributed by atoms with E-state index in [2.05, 4.69) is 0 Å². The van der Waals surface area contributed by atoms with E-state index in [1.165, 1.54) is 0 Å². The smallest absolute Gasteiger partial charge is 0.158 e. The van der Waals surface area contributed by atoms with E-state index in [4.69, 9.17) is 14.6 Å². The molecule has 1 aliphatic heterocycles. The molecular formula is C9H16O3. The minimum atomic E-state index is -0.510. The molecule has 0 radical (unpaired) electrons. The molecule has 0 spiro atoms. The first-order valence-electron chi connectivity index (χ1n) is 4.24. The molecule has 0 aliphatic carbocycles. The lowest BCUT2D eigenvalue weighted by atomic mass is 10.0. The van der Waals surface area contributed by atoms with E-state index in [-0.39, 0.29) is 12.7 Å². The second-order valence-corrected chi connectivity index (χ2v) is 3.39. The minimum absolute atomic E-state index is 0.00667. The number of hydrogen-bond acceptors (Lipinski definition) is 3. The molecule has 0 saturated heterocycles. The lowest BCUT2D eigenvalue weighted by Gasteiger charge is -2.26. The second-order valence-electron chi connectivity index (χ2n) is 3.39. The summed E-state index contributed by atoms with van der Waals surface area (Å²) in [7, 11) is 0. The summed E-state index contributed by atoms with van der Waals surface area (Å²) < 4.78 is 10.7. The van der Waals surface area contributed by atoms with Gasteiger partial charge in [0.25, 0.3) is 0 Å². The van der Waals surface area contributed by atoms with E-state index < -0.39 is 5.60 Å². The van der Waals surface area contributed by atoms with Crippen LogP contribution in [0.25, 0.3) is 0 Å². The Morgan fingerprint density at radius 3 is 2.83 bits per heavy atom. The van der Waals surface area contributed by atoms with Crippen LogP contribution in [-0.2, 0) is 9.47 Å². The van der Waals surface area contributed by atoms with Gasteiger partial charge in [-0.25, -0.2) is 0 Å².